The van der Waals surface area contributed by atoms with Crippen molar-refractivity contribution in [3.63, 3.8) is 0 Å². The molecular weight excluding hydrogens is 374 g/mol. The Bertz CT molecular complexity index is 891. The van der Waals surface area contributed by atoms with Crippen molar-refractivity contribution in [1.82, 2.24) is 5.32 Å². The highest BCUT2D eigenvalue weighted by molar-refractivity contribution is 7.89. The van der Waals surface area contributed by atoms with Crippen LogP contribution in [0.4, 0.5) is 0 Å². The van der Waals surface area contributed by atoms with E-state index in [0.29, 0.717) is 12.5 Å². The van der Waals surface area contributed by atoms with Crippen LogP contribution in [0.3, 0.4) is 0 Å². The Morgan fingerprint density at radius 1 is 1.00 bits per heavy atom. The average molecular weight is 405 g/mol. The number of primary sulfonamides is 1. The summed E-state index contributed by atoms with van der Waals surface area (Å²) in [4.78, 5) is 13.5. The third-order valence-electron chi connectivity index (χ3n) is 4.70. The summed E-state index contributed by atoms with van der Waals surface area (Å²) in [6, 6.07) is 14.5. The summed E-state index contributed by atoms with van der Waals surface area (Å²) in [5.74, 6) is 0.449. The lowest BCUT2D eigenvalue weighted by Crippen LogP contribution is -3.08. The number of carbonyl (C=O) groups is 1. The first-order valence-corrected chi connectivity index (χ1v) is 10.9. The first kappa shape index (κ1) is 22.1. The number of nitrogens with one attached hydrogen (secondary N) is 2. The Morgan fingerprint density at radius 2 is 1.54 bits per heavy atom. The van der Waals surface area contributed by atoms with Gasteiger partial charge in [-0.1, -0.05) is 50.2 Å². The summed E-state index contributed by atoms with van der Waals surface area (Å²) in [7, 11) is -1.72. The SMILES string of the molecule is CC(C)c1ccc(C[NH+](C)CC(=O)N[C@@H](C)c2ccc(S(N)(=O)=O)cc2)cc1. The second-order valence-electron chi connectivity index (χ2n) is 7.61. The molecule has 2 rings (SSSR count). The molecule has 1 amide bonds. The number of benzene rings is 2. The fraction of sp³-hybridized carbons (Fsp3) is 0.381. The Labute approximate surface area is 167 Å². The van der Waals surface area contributed by atoms with E-state index in [1.54, 1.807) is 12.1 Å². The van der Waals surface area contributed by atoms with Crippen LogP contribution in [0.5, 0.6) is 0 Å². The van der Waals surface area contributed by atoms with Crippen molar-refractivity contribution < 1.29 is 18.1 Å². The topological polar surface area (TPSA) is 93.7 Å². The maximum Gasteiger partial charge on any atom is 0.275 e. The minimum absolute atomic E-state index is 0.0562. The highest BCUT2D eigenvalue weighted by Crippen LogP contribution is 2.15. The molecule has 0 bridgehead atoms. The molecule has 7 heteroatoms. The molecule has 6 nitrogen and oxygen atoms in total. The second kappa shape index (κ2) is 9.32. The van der Waals surface area contributed by atoms with Crippen molar-refractivity contribution in [3.8, 4) is 0 Å². The van der Waals surface area contributed by atoms with E-state index in [9.17, 15) is 13.2 Å². The third kappa shape index (κ3) is 6.44. The van der Waals surface area contributed by atoms with Gasteiger partial charge in [0.1, 0.15) is 6.54 Å². The fourth-order valence-corrected chi connectivity index (χ4v) is 3.54. The molecule has 28 heavy (non-hydrogen) atoms. The maximum absolute atomic E-state index is 12.3. The molecule has 0 saturated heterocycles. The summed E-state index contributed by atoms with van der Waals surface area (Å²) in [6.45, 7) is 7.32. The first-order valence-electron chi connectivity index (χ1n) is 9.38. The van der Waals surface area contributed by atoms with E-state index in [-0.39, 0.29) is 16.8 Å². The van der Waals surface area contributed by atoms with E-state index in [1.807, 2.05) is 14.0 Å². The summed E-state index contributed by atoms with van der Waals surface area (Å²) in [5, 5.41) is 8.06. The lowest BCUT2D eigenvalue weighted by Gasteiger charge is -2.18. The smallest absolute Gasteiger partial charge is 0.275 e. The lowest BCUT2D eigenvalue weighted by molar-refractivity contribution is -0.885. The van der Waals surface area contributed by atoms with Crippen LogP contribution in [0.15, 0.2) is 53.4 Å². The van der Waals surface area contributed by atoms with Crippen LogP contribution in [-0.2, 0) is 21.4 Å². The van der Waals surface area contributed by atoms with Crippen molar-refractivity contribution in [2.24, 2.45) is 5.14 Å². The van der Waals surface area contributed by atoms with Crippen LogP contribution in [0.25, 0.3) is 0 Å². The summed E-state index contributed by atoms with van der Waals surface area (Å²) < 4.78 is 22.6. The third-order valence-corrected chi connectivity index (χ3v) is 5.63. The molecule has 0 heterocycles. The van der Waals surface area contributed by atoms with Crippen LogP contribution >= 0.6 is 0 Å². The molecule has 0 radical (unpaired) electrons. The number of quaternary nitrogens is 1. The van der Waals surface area contributed by atoms with Gasteiger partial charge in [-0.25, -0.2) is 13.6 Å². The first-order chi connectivity index (χ1) is 13.1. The van der Waals surface area contributed by atoms with Gasteiger partial charge in [0, 0.05) is 5.56 Å². The molecule has 0 saturated carbocycles. The number of hydrogen-bond donors (Lipinski definition) is 3. The summed E-state index contributed by atoms with van der Waals surface area (Å²) in [5.41, 5.74) is 3.32. The highest BCUT2D eigenvalue weighted by Gasteiger charge is 2.15. The molecule has 2 atom stereocenters. The predicted octanol–water partition coefficient (Wildman–Crippen LogP) is 1.35. The lowest BCUT2D eigenvalue weighted by atomic mass is 10.0. The number of rotatable bonds is 8. The van der Waals surface area contributed by atoms with Crippen LogP contribution in [0.1, 0.15) is 49.4 Å². The van der Waals surface area contributed by atoms with E-state index in [0.717, 1.165) is 17.0 Å². The molecule has 2 aromatic rings. The van der Waals surface area contributed by atoms with Gasteiger partial charge in [0.15, 0.2) is 6.54 Å². The van der Waals surface area contributed by atoms with Crippen molar-refractivity contribution >= 4 is 15.9 Å². The minimum Gasteiger partial charge on any atom is -0.345 e. The van der Waals surface area contributed by atoms with Crippen molar-refractivity contribution in [1.29, 1.82) is 0 Å². The van der Waals surface area contributed by atoms with Crippen LogP contribution < -0.4 is 15.4 Å². The molecule has 0 aliphatic heterocycles. The fourth-order valence-electron chi connectivity index (χ4n) is 3.03. The summed E-state index contributed by atoms with van der Waals surface area (Å²) in [6.07, 6.45) is 0. The van der Waals surface area contributed by atoms with Gasteiger partial charge in [-0.15, -0.1) is 0 Å². The molecule has 2 aromatic carbocycles. The van der Waals surface area contributed by atoms with E-state index < -0.39 is 10.0 Å². The van der Waals surface area contributed by atoms with Crippen molar-refractivity contribution in [2.75, 3.05) is 13.6 Å². The largest absolute Gasteiger partial charge is 0.345 e. The van der Waals surface area contributed by atoms with Gasteiger partial charge in [0.05, 0.1) is 18.0 Å². The van der Waals surface area contributed by atoms with Gasteiger partial charge < -0.3 is 10.2 Å². The van der Waals surface area contributed by atoms with Crippen LogP contribution in [-0.4, -0.2) is 27.9 Å². The van der Waals surface area contributed by atoms with Gasteiger partial charge in [0.25, 0.3) is 5.91 Å². The zero-order chi connectivity index (χ0) is 20.9. The van der Waals surface area contributed by atoms with Gasteiger partial charge in [0.2, 0.25) is 10.0 Å². The Kier molecular flexibility index (Phi) is 7.35. The van der Waals surface area contributed by atoms with Gasteiger partial charge >= 0.3 is 0 Å². The number of nitrogens with two attached hydrogens (primary N) is 1. The average Bonchev–Trinajstić information content (AvgIpc) is 2.61. The van der Waals surface area contributed by atoms with E-state index in [4.69, 9.17) is 5.14 Å². The minimum atomic E-state index is -3.71. The van der Waals surface area contributed by atoms with Crippen molar-refractivity contribution in [2.45, 2.75) is 44.2 Å². The molecule has 4 N–H and O–H groups in total. The molecule has 0 aliphatic carbocycles. The van der Waals surface area contributed by atoms with E-state index in [1.165, 1.54) is 23.3 Å². The van der Waals surface area contributed by atoms with Gasteiger partial charge in [-0.05, 0) is 36.1 Å². The number of amides is 1. The number of likely N-dealkylation sites (N-methyl/N-ethyl adjacent to an activating group) is 1. The zero-order valence-electron chi connectivity index (χ0n) is 16.9. The molecule has 0 aliphatic rings. The molecule has 152 valence electrons. The van der Waals surface area contributed by atoms with Gasteiger partial charge in [-0.3, -0.25) is 4.79 Å². The molecule has 0 fully saturated rings. The predicted molar refractivity (Wildman–Crippen MR) is 110 cm³/mol. The maximum atomic E-state index is 12.3. The van der Waals surface area contributed by atoms with Crippen LogP contribution in [0, 0.1) is 0 Å². The van der Waals surface area contributed by atoms with E-state index >= 15 is 0 Å². The van der Waals surface area contributed by atoms with Gasteiger partial charge in [-0.2, -0.15) is 0 Å². The summed E-state index contributed by atoms with van der Waals surface area (Å²) >= 11 is 0. The van der Waals surface area contributed by atoms with Crippen LogP contribution in [0.2, 0.25) is 0 Å². The standard InChI is InChI=1S/C21H29N3O3S/c1-15(2)18-7-5-17(6-8-18)13-24(4)14-21(25)23-16(3)19-9-11-20(12-10-19)28(22,26)27/h5-12,15-16H,13-14H2,1-4H3,(H,23,25)(H2,22,26,27)/p+1/t16-/m0/s1. The Balaban J connectivity index is 1.88. The second-order valence-corrected chi connectivity index (χ2v) is 9.17. The normalized spacial score (nSPS) is 13.9. The zero-order valence-corrected chi connectivity index (χ0v) is 17.7. The number of hydrogen-bond acceptors (Lipinski definition) is 3. The number of carbonyl (C=O) groups excluding carboxylic acids is 1. The molecule has 0 aromatic heterocycles. The Hall–Kier alpha value is -2.22. The molecule has 1 unspecified atom stereocenters. The highest BCUT2D eigenvalue weighted by atomic mass is 32.2. The molecule has 0 spiro atoms. The molecular formula is C21H30N3O3S+. The monoisotopic (exact) mass is 404 g/mol. The number of sulfonamides is 1. The van der Waals surface area contributed by atoms with Crippen molar-refractivity contribution in [3.05, 3.63) is 65.2 Å². The van der Waals surface area contributed by atoms with E-state index in [2.05, 4.69) is 43.4 Å². The quantitative estimate of drug-likeness (QED) is 0.620. The Morgan fingerprint density at radius 3 is 2.04 bits per heavy atom.